The molecule has 35 heavy (non-hydrogen) atoms. The van der Waals surface area contributed by atoms with Crippen molar-refractivity contribution in [1.82, 2.24) is 14.7 Å². The van der Waals surface area contributed by atoms with Gasteiger partial charge in [0.25, 0.3) is 11.5 Å². The van der Waals surface area contributed by atoms with E-state index in [0.717, 1.165) is 28.8 Å². The van der Waals surface area contributed by atoms with E-state index in [1.54, 1.807) is 24.1 Å². The molecule has 0 saturated heterocycles. The van der Waals surface area contributed by atoms with E-state index in [2.05, 4.69) is 5.10 Å². The van der Waals surface area contributed by atoms with E-state index in [1.807, 2.05) is 42.5 Å². The molecule has 3 aromatic rings. The topological polar surface area (TPSA) is 100.0 Å². The highest BCUT2D eigenvalue weighted by Gasteiger charge is 2.33. The number of para-hydroxylation sites is 1. The third-order valence-electron chi connectivity index (χ3n) is 5.54. The second-order valence-electron chi connectivity index (χ2n) is 8.12. The van der Waals surface area contributed by atoms with Crippen molar-refractivity contribution in [2.24, 2.45) is 0 Å². The van der Waals surface area contributed by atoms with Crippen LogP contribution in [0.3, 0.4) is 0 Å². The van der Waals surface area contributed by atoms with Gasteiger partial charge in [0.2, 0.25) is 0 Å². The molecule has 1 fully saturated rings. The zero-order valence-corrected chi connectivity index (χ0v) is 19.5. The highest BCUT2D eigenvalue weighted by molar-refractivity contribution is 5.89. The average molecular weight is 478 g/mol. The van der Waals surface area contributed by atoms with Gasteiger partial charge >= 0.3 is 5.97 Å². The Kier molecular flexibility index (Phi) is 7.77. The summed E-state index contributed by atoms with van der Waals surface area (Å²) in [5.74, 6) is 0.370. The summed E-state index contributed by atoms with van der Waals surface area (Å²) >= 11 is 0. The number of benzene rings is 2. The number of methoxy groups -OCH3 is 1. The molecule has 1 amide bonds. The molecule has 182 valence electrons. The third kappa shape index (κ3) is 6.69. The lowest BCUT2D eigenvalue weighted by Crippen LogP contribution is -2.36. The van der Waals surface area contributed by atoms with Crippen molar-refractivity contribution in [3.8, 4) is 11.5 Å². The van der Waals surface area contributed by atoms with E-state index in [-0.39, 0.29) is 36.4 Å². The molecule has 1 aromatic heterocycles. The molecule has 0 aliphatic heterocycles. The van der Waals surface area contributed by atoms with Gasteiger partial charge < -0.3 is 19.1 Å². The van der Waals surface area contributed by atoms with Gasteiger partial charge in [-0.1, -0.05) is 30.3 Å². The van der Waals surface area contributed by atoms with Gasteiger partial charge in [-0.3, -0.25) is 9.59 Å². The lowest BCUT2D eigenvalue weighted by molar-refractivity contribution is -0.135. The summed E-state index contributed by atoms with van der Waals surface area (Å²) in [5, 5.41) is 4.07. The summed E-state index contributed by atoms with van der Waals surface area (Å²) in [6.45, 7) is 0.389. The Morgan fingerprint density at radius 2 is 1.74 bits per heavy atom. The van der Waals surface area contributed by atoms with Crippen LogP contribution in [0.25, 0.3) is 0 Å². The molecule has 0 atom stereocenters. The first-order valence-electron chi connectivity index (χ1n) is 11.4. The van der Waals surface area contributed by atoms with Gasteiger partial charge in [0, 0.05) is 18.7 Å². The van der Waals surface area contributed by atoms with Crippen molar-refractivity contribution in [1.29, 1.82) is 0 Å². The van der Waals surface area contributed by atoms with Crippen LogP contribution in [-0.4, -0.2) is 52.9 Å². The predicted molar refractivity (Wildman–Crippen MR) is 127 cm³/mol. The highest BCUT2D eigenvalue weighted by atomic mass is 16.5. The molecule has 4 rings (SSSR count). The van der Waals surface area contributed by atoms with Crippen molar-refractivity contribution in [2.75, 3.05) is 20.3 Å². The molecule has 9 heteroatoms. The molecule has 1 saturated carbocycles. The summed E-state index contributed by atoms with van der Waals surface area (Å²) in [4.78, 5) is 39.2. The lowest BCUT2D eigenvalue weighted by atomic mass is 10.2. The van der Waals surface area contributed by atoms with E-state index in [9.17, 15) is 14.4 Å². The molecule has 0 radical (unpaired) electrons. The third-order valence-corrected chi connectivity index (χ3v) is 5.54. The van der Waals surface area contributed by atoms with Gasteiger partial charge in [0.1, 0.15) is 18.1 Å². The second kappa shape index (κ2) is 11.3. The number of aromatic nitrogens is 2. The molecule has 1 aliphatic rings. The average Bonchev–Trinajstić information content (AvgIpc) is 3.73. The van der Waals surface area contributed by atoms with Crippen molar-refractivity contribution in [2.45, 2.75) is 32.0 Å². The quantitative estimate of drug-likeness (QED) is 0.392. The molecular weight excluding hydrogens is 450 g/mol. The maximum atomic E-state index is 12.8. The van der Waals surface area contributed by atoms with Crippen LogP contribution in [0.2, 0.25) is 0 Å². The van der Waals surface area contributed by atoms with E-state index in [4.69, 9.17) is 14.2 Å². The first-order chi connectivity index (χ1) is 17.0. The molecule has 2 aromatic carbocycles. The minimum Gasteiger partial charge on any atom is -0.497 e. The lowest BCUT2D eigenvalue weighted by Gasteiger charge is -2.22. The fourth-order valence-corrected chi connectivity index (χ4v) is 3.50. The van der Waals surface area contributed by atoms with Gasteiger partial charge in [-0.25, -0.2) is 9.48 Å². The maximum Gasteiger partial charge on any atom is 0.359 e. The number of ether oxygens (including phenoxy) is 3. The van der Waals surface area contributed by atoms with Crippen LogP contribution in [-0.2, 0) is 22.6 Å². The number of nitrogens with zero attached hydrogens (tertiary/aromatic N) is 3. The van der Waals surface area contributed by atoms with Crippen molar-refractivity contribution in [3.05, 3.63) is 88.3 Å². The van der Waals surface area contributed by atoms with E-state index in [0.29, 0.717) is 12.3 Å². The van der Waals surface area contributed by atoms with Crippen molar-refractivity contribution in [3.63, 3.8) is 0 Å². The molecule has 1 heterocycles. The Balaban J connectivity index is 1.32. The van der Waals surface area contributed by atoms with E-state index >= 15 is 0 Å². The van der Waals surface area contributed by atoms with Gasteiger partial charge in [-0.05, 0) is 48.7 Å². The SMILES string of the molecule is COc1ccc(CN(C(=O)COC(=O)c2ccc(=O)n(CCOc3ccccc3)n2)C2CC2)cc1. The second-order valence-corrected chi connectivity index (χ2v) is 8.12. The molecule has 1 aliphatic carbocycles. The number of rotatable bonds is 11. The monoisotopic (exact) mass is 477 g/mol. The Bertz CT molecular complexity index is 1210. The van der Waals surface area contributed by atoms with Gasteiger partial charge in [-0.2, -0.15) is 5.10 Å². The Morgan fingerprint density at radius 1 is 1.00 bits per heavy atom. The van der Waals surface area contributed by atoms with Crippen LogP contribution in [0.5, 0.6) is 11.5 Å². The molecule has 9 nitrogen and oxygen atoms in total. The van der Waals surface area contributed by atoms with Crippen LogP contribution in [0.4, 0.5) is 0 Å². The largest absolute Gasteiger partial charge is 0.497 e. The number of amides is 1. The molecule has 0 N–H and O–H groups in total. The van der Waals surface area contributed by atoms with Gasteiger partial charge in [-0.15, -0.1) is 0 Å². The van der Waals surface area contributed by atoms with Crippen molar-refractivity contribution >= 4 is 11.9 Å². The van der Waals surface area contributed by atoms with E-state index < -0.39 is 12.6 Å². The minimum absolute atomic E-state index is 0.0507. The number of carbonyl (C=O) groups is 2. The predicted octanol–water partition coefficient (Wildman–Crippen LogP) is 2.68. The first-order valence-corrected chi connectivity index (χ1v) is 11.4. The van der Waals surface area contributed by atoms with Crippen LogP contribution >= 0.6 is 0 Å². The fourth-order valence-electron chi connectivity index (χ4n) is 3.50. The maximum absolute atomic E-state index is 12.8. The number of esters is 1. The first kappa shape index (κ1) is 24.0. The van der Waals surface area contributed by atoms with Crippen LogP contribution in [0.15, 0.2) is 71.5 Å². The summed E-state index contributed by atoms with van der Waals surface area (Å²) < 4.78 is 17.1. The summed E-state index contributed by atoms with van der Waals surface area (Å²) in [5.41, 5.74) is 0.544. The highest BCUT2D eigenvalue weighted by Crippen LogP contribution is 2.29. The fraction of sp³-hybridized carbons (Fsp3) is 0.308. The zero-order valence-electron chi connectivity index (χ0n) is 19.5. The van der Waals surface area contributed by atoms with E-state index in [1.165, 1.54) is 12.1 Å². The summed E-state index contributed by atoms with van der Waals surface area (Å²) in [6.07, 6.45) is 1.85. The number of hydrogen-bond acceptors (Lipinski definition) is 7. The summed E-state index contributed by atoms with van der Waals surface area (Å²) in [7, 11) is 1.60. The molecule has 0 spiro atoms. The molecule has 0 bridgehead atoms. The Morgan fingerprint density at radius 3 is 2.43 bits per heavy atom. The number of carbonyl (C=O) groups excluding carboxylic acids is 2. The van der Waals surface area contributed by atoms with Crippen molar-refractivity contribution < 1.29 is 23.8 Å². The molecule has 0 unspecified atom stereocenters. The zero-order chi connectivity index (χ0) is 24.6. The Labute approximate surface area is 202 Å². The minimum atomic E-state index is -0.767. The van der Waals surface area contributed by atoms with Crippen LogP contribution < -0.4 is 15.0 Å². The van der Waals surface area contributed by atoms with Gasteiger partial charge in [0.05, 0.1) is 13.7 Å². The molecular formula is C26H27N3O6. The summed E-state index contributed by atoms with van der Waals surface area (Å²) in [6, 6.07) is 19.4. The normalized spacial score (nSPS) is 12.6. The standard InChI is InChI=1S/C26H27N3O6/c1-33-21-11-7-19(8-12-21)17-28(20-9-10-20)25(31)18-35-26(32)23-13-14-24(30)29(27-23)15-16-34-22-5-3-2-4-6-22/h2-8,11-14,20H,9-10,15-18H2,1H3. The Hall–Kier alpha value is -4.14. The number of hydrogen-bond donors (Lipinski definition) is 0. The smallest absolute Gasteiger partial charge is 0.359 e. The van der Waals surface area contributed by atoms with Crippen LogP contribution in [0.1, 0.15) is 28.9 Å². The van der Waals surface area contributed by atoms with Gasteiger partial charge in [0.15, 0.2) is 12.3 Å². The van der Waals surface area contributed by atoms with Crippen LogP contribution in [0, 0.1) is 0 Å².